The van der Waals surface area contributed by atoms with Gasteiger partial charge in [-0.1, -0.05) is 30.7 Å². The molecule has 2 rings (SSSR count). The Hall–Kier alpha value is -0.530. The maximum Gasteiger partial charge on any atom is 0.0441 e. The molecule has 0 saturated carbocycles. The molecule has 1 aliphatic rings. The van der Waals surface area contributed by atoms with Crippen LogP contribution in [0.3, 0.4) is 0 Å². The average molecular weight is 196 g/mol. The Balaban J connectivity index is 2.48. The molecule has 0 fully saturated rings. The van der Waals surface area contributed by atoms with E-state index in [2.05, 4.69) is 18.3 Å². The van der Waals surface area contributed by atoms with Crippen LogP contribution in [0.4, 0.5) is 0 Å². The Kier molecular flexibility index (Phi) is 2.31. The number of hydrogen-bond donors (Lipinski definition) is 1. The van der Waals surface area contributed by atoms with Crippen molar-refractivity contribution >= 4 is 11.6 Å². The Morgan fingerprint density at radius 3 is 2.92 bits per heavy atom. The van der Waals surface area contributed by atoms with Gasteiger partial charge in [-0.25, -0.2) is 0 Å². The normalized spacial score (nSPS) is 26.1. The first-order valence-electron chi connectivity index (χ1n) is 4.68. The van der Waals surface area contributed by atoms with Gasteiger partial charge in [-0.3, -0.25) is 0 Å². The first-order chi connectivity index (χ1) is 6.24. The largest absolute Gasteiger partial charge is 0.313 e. The summed E-state index contributed by atoms with van der Waals surface area (Å²) < 4.78 is 0. The fourth-order valence-electron chi connectivity index (χ4n) is 2.27. The molecule has 1 aliphatic carbocycles. The number of benzene rings is 1. The molecule has 13 heavy (non-hydrogen) atoms. The summed E-state index contributed by atoms with van der Waals surface area (Å²) in [5.74, 6) is 0.653. The van der Waals surface area contributed by atoms with Gasteiger partial charge in [0.1, 0.15) is 0 Å². The molecule has 0 aliphatic heterocycles. The molecule has 1 aromatic carbocycles. The van der Waals surface area contributed by atoms with E-state index in [1.54, 1.807) is 0 Å². The maximum atomic E-state index is 6.13. The highest BCUT2D eigenvalue weighted by molar-refractivity contribution is 6.31. The lowest BCUT2D eigenvalue weighted by atomic mass is 10.0. The van der Waals surface area contributed by atoms with Crippen LogP contribution >= 0.6 is 11.6 Å². The van der Waals surface area contributed by atoms with Crippen LogP contribution in [0.2, 0.25) is 5.02 Å². The van der Waals surface area contributed by atoms with Crippen molar-refractivity contribution in [3.8, 4) is 0 Å². The molecule has 0 amide bonds. The van der Waals surface area contributed by atoms with E-state index in [4.69, 9.17) is 11.6 Å². The lowest BCUT2D eigenvalue weighted by Crippen LogP contribution is -2.19. The predicted octanol–water partition coefficient (Wildman–Crippen LogP) is 2.79. The molecule has 2 heteroatoms. The van der Waals surface area contributed by atoms with E-state index < -0.39 is 0 Å². The zero-order valence-corrected chi connectivity index (χ0v) is 8.73. The quantitative estimate of drug-likeness (QED) is 0.727. The molecule has 1 aromatic rings. The lowest BCUT2D eigenvalue weighted by molar-refractivity contribution is 0.447. The molecule has 0 bridgehead atoms. The predicted molar refractivity (Wildman–Crippen MR) is 56.1 cm³/mol. The summed E-state index contributed by atoms with van der Waals surface area (Å²) in [5, 5.41) is 4.26. The molecule has 0 aromatic heterocycles. The fourth-order valence-corrected chi connectivity index (χ4v) is 2.53. The maximum absolute atomic E-state index is 6.13. The minimum Gasteiger partial charge on any atom is -0.313 e. The van der Waals surface area contributed by atoms with Gasteiger partial charge in [-0.2, -0.15) is 0 Å². The standard InChI is InChI=1S/C11H14ClN/c1-7-6-9-8(11(7)13-2)4-3-5-10(9)12/h3-5,7,11,13H,6H2,1-2H3. The molecule has 70 valence electrons. The summed E-state index contributed by atoms with van der Waals surface area (Å²) in [5.41, 5.74) is 2.71. The molecule has 0 heterocycles. The van der Waals surface area contributed by atoms with Crippen LogP contribution in [-0.4, -0.2) is 7.05 Å². The van der Waals surface area contributed by atoms with Crippen molar-refractivity contribution < 1.29 is 0 Å². The third-order valence-electron chi connectivity index (χ3n) is 2.90. The third-order valence-corrected chi connectivity index (χ3v) is 3.25. The van der Waals surface area contributed by atoms with Gasteiger partial charge in [-0.15, -0.1) is 0 Å². The summed E-state index contributed by atoms with van der Waals surface area (Å²) in [7, 11) is 2.01. The summed E-state index contributed by atoms with van der Waals surface area (Å²) >= 11 is 6.13. The highest BCUT2D eigenvalue weighted by Gasteiger charge is 2.28. The lowest BCUT2D eigenvalue weighted by Gasteiger charge is -2.14. The van der Waals surface area contributed by atoms with Crippen LogP contribution in [0.25, 0.3) is 0 Å². The van der Waals surface area contributed by atoms with Crippen LogP contribution in [0.15, 0.2) is 18.2 Å². The van der Waals surface area contributed by atoms with Crippen LogP contribution in [0, 0.1) is 5.92 Å². The van der Waals surface area contributed by atoms with Gasteiger partial charge in [0.15, 0.2) is 0 Å². The molecule has 0 saturated heterocycles. The van der Waals surface area contributed by atoms with E-state index in [9.17, 15) is 0 Å². The van der Waals surface area contributed by atoms with Gasteiger partial charge in [-0.05, 0) is 36.6 Å². The van der Waals surface area contributed by atoms with Crippen molar-refractivity contribution in [3.63, 3.8) is 0 Å². The van der Waals surface area contributed by atoms with Gasteiger partial charge in [0, 0.05) is 11.1 Å². The molecule has 1 N–H and O–H groups in total. The summed E-state index contributed by atoms with van der Waals surface area (Å²) in [4.78, 5) is 0. The molecule has 2 unspecified atom stereocenters. The van der Waals surface area contributed by atoms with Crippen LogP contribution in [-0.2, 0) is 6.42 Å². The van der Waals surface area contributed by atoms with Gasteiger partial charge in [0.05, 0.1) is 0 Å². The van der Waals surface area contributed by atoms with E-state index in [0.29, 0.717) is 12.0 Å². The average Bonchev–Trinajstić information content (AvgIpc) is 2.43. The molecule has 0 spiro atoms. The first-order valence-corrected chi connectivity index (χ1v) is 5.06. The van der Waals surface area contributed by atoms with Gasteiger partial charge < -0.3 is 5.32 Å². The number of halogens is 1. The molecule has 0 radical (unpaired) electrons. The van der Waals surface area contributed by atoms with Gasteiger partial charge in [0.25, 0.3) is 0 Å². The third kappa shape index (κ3) is 1.36. The van der Waals surface area contributed by atoms with E-state index in [1.807, 2.05) is 19.2 Å². The Bertz CT molecular complexity index is 322. The van der Waals surface area contributed by atoms with Crippen molar-refractivity contribution in [2.24, 2.45) is 5.92 Å². The van der Waals surface area contributed by atoms with E-state index in [0.717, 1.165) is 11.4 Å². The fraction of sp³-hybridized carbons (Fsp3) is 0.455. The van der Waals surface area contributed by atoms with Crippen LogP contribution in [0.1, 0.15) is 24.1 Å². The first kappa shape index (κ1) is 9.04. The second-order valence-electron chi connectivity index (χ2n) is 3.76. The minimum atomic E-state index is 0.480. The highest BCUT2D eigenvalue weighted by Crippen LogP contribution is 2.38. The van der Waals surface area contributed by atoms with Crippen molar-refractivity contribution in [2.45, 2.75) is 19.4 Å². The van der Waals surface area contributed by atoms with Crippen molar-refractivity contribution in [2.75, 3.05) is 7.05 Å². The highest BCUT2D eigenvalue weighted by atomic mass is 35.5. The Morgan fingerprint density at radius 2 is 2.23 bits per heavy atom. The van der Waals surface area contributed by atoms with E-state index in [-0.39, 0.29) is 0 Å². The second kappa shape index (κ2) is 3.32. The molecular formula is C11H14ClN. The monoisotopic (exact) mass is 195 g/mol. The van der Waals surface area contributed by atoms with Crippen molar-refractivity contribution in [1.29, 1.82) is 0 Å². The molecule has 1 nitrogen and oxygen atoms in total. The Morgan fingerprint density at radius 1 is 1.46 bits per heavy atom. The minimum absolute atomic E-state index is 0.480. The molecular weight excluding hydrogens is 182 g/mol. The zero-order chi connectivity index (χ0) is 9.42. The Labute approximate surface area is 84.1 Å². The summed E-state index contributed by atoms with van der Waals surface area (Å²) in [6, 6.07) is 6.66. The van der Waals surface area contributed by atoms with Crippen LogP contribution in [0.5, 0.6) is 0 Å². The number of hydrogen-bond acceptors (Lipinski definition) is 1. The second-order valence-corrected chi connectivity index (χ2v) is 4.16. The smallest absolute Gasteiger partial charge is 0.0441 e. The summed E-state index contributed by atoms with van der Waals surface area (Å²) in [6.07, 6.45) is 1.10. The number of fused-ring (bicyclic) bond motifs is 1. The van der Waals surface area contributed by atoms with Crippen molar-refractivity contribution in [3.05, 3.63) is 34.3 Å². The van der Waals surface area contributed by atoms with E-state index >= 15 is 0 Å². The number of nitrogens with one attached hydrogen (secondary N) is 1. The van der Waals surface area contributed by atoms with Gasteiger partial charge >= 0.3 is 0 Å². The van der Waals surface area contributed by atoms with Gasteiger partial charge in [0.2, 0.25) is 0 Å². The summed E-state index contributed by atoms with van der Waals surface area (Å²) in [6.45, 7) is 2.26. The SMILES string of the molecule is CNC1c2cccc(Cl)c2CC1C. The zero-order valence-electron chi connectivity index (χ0n) is 7.97. The number of rotatable bonds is 1. The van der Waals surface area contributed by atoms with Crippen molar-refractivity contribution in [1.82, 2.24) is 5.32 Å². The van der Waals surface area contributed by atoms with E-state index in [1.165, 1.54) is 11.1 Å². The molecule has 2 atom stereocenters. The topological polar surface area (TPSA) is 12.0 Å². The van der Waals surface area contributed by atoms with Crippen LogP contribution < -0.4 is 5.32 Å².